The maximum atomic E-state index is 13.6. The number of aliphatic hydroxyl groups is 1. The molecular weight excluding hydrogens is 457 g/mol. The minimum absolute atomic E-state index is 0.165. The van der Waals surface area contributed by atoms with Gasteiger partial charge in [-0.25, -0.2) is 0 Å². The van der Waals surface area contributed by atoms with Crippen LogP contribution in [0, 0.1) is 0 Å². The van der Waals surface area contributed by atoms with E-state index in [9.17, 15) is 14.7 Å². The van der Waals surface area contributed by atoms with Gasteiger partial charge in [-0.3, -0.25) is 9.59 Å². The van der Waals surface area contributed by atoms with Gasteiger partial charge in [-0.1, -0.05) is 83.9 Å². The van der Waals surface area contributed by atoms with Gasteiger partial charge in [-0.05, 0) is 40.6 Å². The number of Topliss-reactive ketones (excluding diaryl/α,β-unsaturated/α-hetero) is 1. The summed E-state index contributed by atoms with van der Waals surface area (Å²) in [6.45, 7) is 0.165. The minimum Gasteiger partial charge on any atom is -0.375 e. The van der Waals surface area contributed by atoms with E-state index in [-0.39, 0.29) is 12.3 Å². The summed E-state index contributed by atoms with van der Waals surface area (Å²) in [6.07, 6.45) is -0.397. The van der Waals surface area contributed by atoms with Crippen molar-refractivity contribution in [3.8, 4) is 0 Å². The van der Waals surface area contributed by atoms with Gasteiger partial charge in [0, 0.05) is 21.2 Å². The van der Waals surface area contributed by atoms with E-state index in [0.717, 1.165) is 16.3 Å². The Labute approximate surface area is 201 Å². The van der Waals surface area contributed by atoms with E-state index in [4.69, 9.17) is 23.2 Å². The molecule has 0 fully saturated rings. The Hall–Kier alpha value is -3.18. The predicted molar refractivity (Wildman–Crippen MR) is 131 cm³/mol. The van der Waals surface area contributed by atoms with E-state index < -0.39 is 17.9 Å². The third-order valence-corrected chi connectivity index (χ3v) is 6.69. The quantitative estimate of drug-likeness (QED) is 0.352. The Bertz CT molecular complexity index is 1410. The highest BCUT2D eigenvalue weighted by Crippen LogP contribution is 2.45. The van der Waals surface area contributed by atoms with Crippen LogP contribution >= 0.6 is 23.2 Å². The van der Waals surface area contributed by atoms with Gasteiger partial charge in [0.2, 0.25) is 0 Å². The van der Waals surface area contributed by atoms with E-state index in [1.54, 1.807) is 36.4 Å². The molecule has 4 nitrogen and oxygen atoms in total. The van der Waals surface area contributed by atoms with Crippen molar-refractivity contribution in [1.29, 1.82) is 0 Å². The summed E-state index contributed by atoms with van der Waals surface area (Å²) in [7, 11) is 0. The molecule has 4 aromatic carbocycles. The molecule has 33 heavy (non-hydrogen) atoms. The molecular formula is C27H19Cl2NO3. The van der Waals surface area contributed by atoms with Crippen LogP contribution in [0.3, 0.4) is 0 Å². The number of hydrogen-bond acceptors (Lipinski definition) is 3. The molecule has 1 heterocycles. The molecule has 1 atom stereocenters. The zero-order valence-electron chi connectivity index (χ0n) is 17.5. The number of fused-ring (bicyclic) bond motifs is 2. The Morgan fingerprint density at radius 3 is 2.45 bits per heavy atom. The monoisotopic (exact) mass is 475 g/mol. The lowest BCUT2D eigenvalue weighted by Crippen LogP contribution is -2.41. The van der Waals surface area contributed by atoms with Gasteiger partial charge in [0.1, 0.15) is 0 Å². The van der Waals surface area contributed by atoms with Crippen molar-refractivity contribution in [3.05, 3.63) is 112 Å². The van der Waals surface area contributed by atoms with Gasteiger partial charge in [0.15, 0.2) is 11.4 Å². The predicted octanol–water partition coefficient (Wildman–Crippen LogP) is 6.15. The van der Waals surface area contributed by atoms with Crippen LogP contribution in [-0.2, 0) is 16.9 Å². The lowest BCUT2D eigenvalue weighted by atomic mass is 9.87. The summed E-state index contributed by atoms with van der Waals surface area (Å²) in [5.41, 5.74) is -0.00567. The second kappa shape index (κ2) is 8.31. The molecule has 0 saturated carbocycles. The van der Waals surface area contributed by atoms with Crippen LogP contribution < -0.4 is 4.90 Å². The summed E-state index contributed by atoms with van der Waals surface area (Å²) in [5.74, 6) is -0.901. The maximum Gasteiger partial charge on any atom is 0.264 e. The second-order valence-corrected chi connectivity index (χ2v) is 8.97. The lowest BCUT2D eigenvalue weighted by molar-refractivity contribution is -0.136. The standard InChI is InChI=1S/C27H19Cl2NO3/c28-19-12-13-24-22(14-19)27(33,26(32)30(24)16-18-7-2-4-11-23(18)29)15-25(31)21-10-5-8-17-6-1-3-9-20(17)21/h1-14,33H,15-16H2. The van der Waals surface area contributed by atoms with Crippen LogP contribution in [0.2, 0.25) is 10.0 Å². The molecule has 0 bridgehead atoms. The van der Waals surface area contributed by atoms with Gasteiger partial charge < -0.3 is 10.0 Å². The third kappa shape index (κ3) is 3.70. The summed E-state index contributed by atoms with van der Waals surface area (Å²) < 4.78 is 0. The second-order valence-electron chi connectivity index (χ2n) is 8.13. The fourth-order valence-electron chi connectivity index (χ4n) is 4.44. The van der Waals surface area contributed by atoms with Crippen molar-refractivity contribution < 1.29 is 14.7 Å². The molecule has 0 aliphatic carbocycles. The van der Waals surface area contributed by atoms with Crippen molar-refractivity contribution in [2.24, 2.45) is 0 Å². The molecule has 1 aliphatic heterocycles. The summed E-state index contributed by atoms with van der Waals surface area (Å²) in [5, 5.41) is 14.2. The normalized spacial score (nSPS) is 17.4. The SMILES string of the molecule is O=C(CC1(O)C(=O)N(Cc2ccccc2Cl)c2ccc(Cl)cc21)c1cccc2ccccc12. The molecule has 1 amide bonds. The van der Waals surface area contributed by atoms with E-state index in [0.29, 0.717) is 26.9 Å². The molecule has 0 saturated heterocycles. The highest BCUT2D eigenvalue weighted by atomic mass is 35.5. The number of benzene rings is 4. The molecule has 1 N–H and O–H groups in total. The first kappa shape index (κ1) is 21.7. The molecule has 6 heteroatoms. The zero-order chi connectivity index (χ0) is 23.2. The van der Waals surface area contributed by atoms with Crippen LogP contribution in [0.1, 0.15) is 27.9 Å². The largest absolute Gasteiger partial charge is 0.375 e. The van der Waals surface area contributed by atoms with Gasteiger partial charge in [0.05, 0.1) is 18.7 Å². The highest BCUT2D eigenvalue weighted by molar-refractivity contribution is 6.31. The number of halogens is 2. The van der Waals surface area contributed by atoms with Crippen LogP contribution in [0.15, 0.2) is 84.9 Å². The molecule has 1 unspecified atom stereocenters. The number of nitrogens with zero attached hydrogens (tertiary/aromatic N) is 1. The Balaban J connectivity index is 1.55. The number of amides is 1. The van der Waals surface area contributed by atoms with Gasteiger partial charge >= 0.3 is 0 Å². The molecule has 0 radical (unpaired) electrons. The van der Waals surface area contributed by atoms with Crippen molar-refractivity contribution >= 4 is 51.4 Å². The molecule has 164 valence electrons. The van der Waals surface area contributed by atoms with Gasteiger partial charge in [0.25, 0.3) is 5.91 Å². The number of hydrogen-bond donors (Lipinski definition) is 1. The first-order chi connectivity index (χ1) is 15.9. The lowest BCUT2D eigenvalue weighted by Gasteiger charge is -2.23. The number of anilines is 1. The van der Waals surface area contributed by atoms with E-state index in [1.165, 1.54) is 4.90 Å². The van der Waals surface area contributed by atoms with E-state index in [2.05, 4.69) is 0 Å². The fourth-order valence-corrected chi connectivity index (χ4v) is 4.81. The summed E-state index contributed by atoms with van der Waals surface area (Å²) >= 11 is 12.5. The van der Waals surface area contributed by atoms with Gasteiger partial charge in [-0.2, -0.15) is 0 Å². The molecule has 4 aromatic rings. The van der Waals surface area contributed by atoms with Crippen molar-refractivity contribution in [1.82, 2.24) is 0 Å². The van der Waals surface area contributed by atoms with E-state index >= 15 is 0 Å². The average molecular weight is 476 g/mol. The van der Waals surface area contributed by atoms with Crippen LogP contribution in [0.4, 0.5) is 5.69 Å². The van der Waals surface area contributed by atoms with Crippen LogP contribution in [0.25, 0.3) is 10.8 Å². The smallest absolute Gasteiger partial charge is 0.264 e. The van der Waals surface area contributed by atoms with Crippen molar-refractivity contribution in [2.75, 3.05) is 4.90 Å². The first-order valence-corrected chi connectivity index (χ1v) is 11.2. The maximum absolute atomic E-state index is 13.6. The fraction of sp³-hybridized carbons (Fsp3) is 0.111. The molecule has 0 aromatic heterocycles. The van der Waals surface area contributed by atoms with Crippen LogP contribution in [-0.4, -0.2) is 16.8 Å². The third-order valence-electron chi connectivity index (χ3n) is 6.09. The average Bonchev–Trinajstić information content (AvgIpc) is 3.01. The summed E-state index contributed by atoms with van der Waals surface area (Å²) in [4.78, 5) is 28.4. The van der Waals surface area contributed by atoms with Gasteiger partial charge in [-0.15, -0.1) is 0 Å². The topological polar surface area (TPSA) is 57.6 Å². The van der Waals surface area contributed by atoms with E-state index in [1.807, 2.05) is 48.5 Å². The highest BCUT2D eigenvalue weighted by Gasteiger charge is 2.51. The Morgan fingerprint density at radius 1 is 0.909 bits per heavy atom. The van der Waals surface area contributed by atoms with Crippen molar-refractivity contribution in [2.45, 2.75) is 18.6 Å². The molecule has 0 spiro atoms. The summed E-state index contributed by atoms with van der Waals surface area (Å²) in [6, 6.07) is 25.1. The molecule has 1 aliphatic rings. The van der Waals surface area contributed by atoms with Crippen molar-refractivity contribution in [3.63, 3.8) is 0 Å². The minimum atomic E-state index is -2.03. The number of carbonyl (C=O) groups is 2. The Kier molecular flexibility index (Phi) is 5.45. The number of rotatable bonds is 5. The molecule has 5 rings (SSSR count). The van der Waals surface area contributed by atoms with Crippen LogP contribution in [0.5, 0.6) is 0 Å². The zero-order valence-corrected chi connectivity index (χ0v) is 19.0. The number of ketones is 1. The number of carbonyl (C=O) groups excluding carboxylic acids is 2. The first-order valence-electron chi connectivity index (χ1n) is 10.5. The Morgan fingerprint density at radius 2 is 1.64 bits per heavy atom.